The van der Waals surface area contributed by atoms with Gasteiger partial charge in [-0.25, -0.2) is 4.68 Å². The van der Waals surface area contributed by atoms with Gasteiger partial charge in [0.15, 0.2) is 12.4 Å². The second kappa shape index (κ2) is 8.79. The average molecular weight is 406 g/mol. The first-order valence-electron chi connectivity index (χ1n) is 8.20. The number of benzene rings is 2. The molecule has 0 atom stereocenters. The number of carbonyl (C=O) groups excluding carboxylic acids is 1. The predicted molar refractivity (Wildman–Crippen MR) is 105 cm³/mol. The standard InChI is InChI=1S/C19H17Cl2N3O3/c1-2-26-15-6-4-14(5-7-15)22-19(25)17-9-10-24(23-17)12-27-18-8-3-13(20)11-16(18)21/h3-11H,2,12H2,1H3,(H,22,25). The molecule has 0 fully saturated rings. The molecule has 0 saturated heterocycles. The van der Waals surface area contributed by atoms with Crippen LogP contribution in [0.5, 0.6) is 11.5 Å². The molecule has 0 saturated carbocycles. The smallest absolute Gasteiger partial charge is 0.276 e. The SMILES string of the molecule is CCOc1ccc(NC(=O)c2ccn(COc3ccc(Cl)cc3Cl)n2)cc1. The number of amides is 1. The molecule has 0 aliphatic rings. The first-order valence-corrected chi connectivity index (χ1v) is 8.96. The highest BCUT2D eigenvalue weighted by atomic mass is 35.5. The first kappa shape index (κ1) is 19.1. The molecule has 0 spiro atoms. The van der Waals surface area contributed by atoms with Gasteiger partial charge in [0, 0.05) is 16.9 Å². The Labute approximate surface area is 166 Å². The van der Waals surface area contributed by atoms with E-state index >= 15 is 0 Å². The zero-order valence-corrected chi connectivity index (χ0v) is 16.0. The topological polar surface area (TPSA) is 65.4 Å². The molecule has 6 nitrogen and oxygen atoms in total. The lowest BCUT2D eigenvalue weighted by atomic mass is 10.3. The summed E-state index contributed by atoms with van der Waals surface area (Å²) >= 11 is 11.9. The third-order valence-electron chi connectivity index (χ3n) is 3.54. The van der Waals surface area contributed by atoms with Crippen molar-refractivity contribution in [3.63, 3.8) is 0 Å². The van der Waals surface area contributed by atoms with Crippen LogP contribution in [0, 0.1) is 0 Å². The summed E-state index contributed by atoms with van der Waals surface area (Å²) < 4.78 is 12.5. The summed E-state index contributed by atoms with van der Waals surface area (Å²) in [6.45, 7) is 2.61. The Morgan fingerprint density at radius 1 is 1.11 bits per heavy atom. The van der Waals surface area contributed by atoms with Gasteiger partial charge in [0.2, 0.25) is 0 Å². The molecule has 8 heteroatoms. The van der Waals surface area contributed by atoms with Crippen molar-refractivity contribution in [1.29, 1.82) is 0 Å². The number of carbonyl (C=O) groups is 1. The minimum atomic E-state index is -0.317. The summed E-state index contributed by atoms with van der Waals surface area (Å²) in [5.74, 6) is 0.914. The van der Waals surface area contributed by atoms with E-state index in [0.29, 0.717) is 28.1 Å². The molecule has 0 aliphatic carbocycles. The van der Waals surface area contributed by atoms with E-state index in [2.05, 4.69) is 10.4 Å². The molecule has 1 aromatic heterocycles. The Morgan fingerprint density at radius 2 is 1.89 bits per heavy atom. The van der Waals surface area contributed by atoms with Crippen molar-refractivity contribution < 1.29 is 14.3 Å². The number of anilines is 1. The molecule has 1 heterocycles. The van der Waals surface area contributed by atoms with Crippen molar-refractivity contribution in [2.75, 3.05) is 11.9 Å². The van der Waals surface area contributed by atoms with Crippen molar-refractivity contribution in [3.05, 3.63) is 70.5 Å². The van der Waals surface area contributed by atoms with E-state index in [1.807, 2.05) is 6.92 Å². The summed E-state index contributed by atoms with van der Waals surface area (Å²) in [4.78, 5) is 12.3. The fourth-order valence-electron chi connectivity index (χ4n) is 2.28. The van der Waals surface area contributed by atoms with Gasteiger partial charge in [-0.2, -0.15) is 5.10 Å². The van der Waals surface area contributed by atoms with E-state index in [1.165, 1.54) is 4.68 Å². The quantitative estimate of drug-likeness (QED) is 0.608. The van der Waals surface area contributed by atoms with Gasteiger partial charge < -0.3 is 14.8 Å². The van der Waals surface area contributed by atoms with Crippen LogP contribution in [0.4, 0.5) is 5.69 Å². The summed E-state index contributed by atoms with van der Waals surface area (Å²) in [5, 5.41) is 7.92. The van der Waals surface area contributed by atoms with Gasteiger partial charge in [0.05, 0.1) is 11.6 Å². The van der Waals surface area contributed by atoms with E-state index < -0.39 is 0 Å². The largest absolute Gasteiger partial charge is 0.494 e. The maximum atomic E-state index is 12.3. The number of nitrogens with one attached hydrogen (secondary N) is 1. The van der Waals surface area contributed by atoms with E-state index in [0.717, 1.165) is 5.75 Å². The third kappa shape index (κ3) is 5.15. The van der Waals surface area contributed by atoms with Crippen LogP contribution in [-0.4, -0.2) is 22.3 Å². The Morgan fingerprint density at radius 3 is 2.59 bits per heavy atom. The fraction of sp³-hybridized carbons (Fsp3) is 0.158. The summed E-state index contributed by atoms with van der Waals surface area (Å²) in [6, 6.07) is 13.7. The van der Waals surface area contributed by atoms with Gasteiger partial charge in [-0.3, -0.25) is 4.79 Å². The van der Waals surface area contributed by atoms with Gasteiger partial charge in [-0.05, 0) is 55.5 Å². The second-order valence-electron chi connectivity index (χ2n) is 5.50. The fourth-order valence-corrected chi connectivity index (χ4v) is 2.74. The van der Waals surface area contributed by atoms with Crippen LogP contribution in [0.2, 0.25) is 10.0 Å². The molecule has 27 heavy (non-hydrogen) atoms. The lowest BCUT2D eigenvalue weighted by Gasteiger charge is -2.08. The highest BCUT2D eigenvalue weighted by molar-refractivity contribution is 6.35. The number of aromatic nitrogens is 2. The molecule has 3 rings (SSSR count). The Bertz CT molecular complexity index is 926. The zero-order valence-electron chi connectivity index (χ0n) is 14.5. The van der Waals surface area contributed by atoms with Gasteiger partial charge >= 0.3 is 0 Å². The van der Waals surface area contributed by atoms with Crippen molar-refractivity contribution in [1.82, 2.24) is 9.78 Å². The average Bonchev–Trinajstić information content (AvgIpc) is 3.12. The molecule has 0 radical (unpaired) electrons. The van der Waals surface area contributed by atoms with E-state index in [1.54, 1.807) is 54.7 Å². The van der Waals surface area contributed by atoms with Crippen LogP contribution in [0.25, 0.3) is 0 Å². The molecule has 2 aromatic carbocycles. The van der Waals surface area contributed by atoms with E-state index in [-0.39, 0.29) is 18.3 Å². The third-order valence-corrected chi connectivity index (χ3v) is 4.07. The number of ether oxygens (including phenoxy) is 2. The summed E-state index contributed by atoms with van der Waals surface area (Å²) in [6.07, 6.45) is 1.65. The molecule has 1 N–H and O–H groups in total. The van der Waals surface area contributed by atoms with Crippen LogP contribution in [0.1, 0.15) is 17.4 Å². The number of nitrogens with zero attached hydrogens (tertiary/aromatic N) is 2. The van der Waals surface area contributed by atoms with Gasteiger partial charge in [-0.1, -0.05) is 23.2 Å². The van der Waals surface area contributed by atoms with Crippen LogP contribution >= 0.6 is 23.2 Å². The molecular weight excluding hydrogens is 389 g/mol. The first-order chi connectivity index (χ1) is 13.0. The highest BCUT2D eigenvalue weighted by Gasteiger charge is 2.11. The minimum absolute atomic E-state index is 0.109. The number of hydrogen-bond donors (Lipinski definition) is 1. The predicted octanol–water partition coefficient (Wildman–Crippen LogP) is 4.88. The Kier molecular flexibility index (Phi) is 6.21. The highest BCUT2D eigenvalue weighted by Crippen LogP contribution is 2.27. The second-order valence-corrected chi connectivity index (χ2v) is 6.34. The maximum Gasteiger partial charge on any atom is 0.276 e. The van der Waals surface area contributed by atoms with Gasteiger partial charge in [-0.15, -0.1) is 0 Å². The number of hydrogen-bond acceptors (Lipinski definition) is 4. The Balaban J connectivity index is 1.58. The normalized spacial score (nSPS) is 10.5. The van der Waals surface area contributed by atoms with Crippen LogP contribution in [0.3, 0.4) is 0 Å². The molecular formula is C19H17Cl2N3O3. The lowest BCUT2D eigenvalue weighted by Crippen LogP contribution is -2.14. The van der Waals surface area contributed by atoms with Crippen molar-refractivity contribution in [3.8, 4) is 11.5 Å². The van der Waals surface area contributed by atoms with E-state index in [9.17, 15) is 4.79 Å². The lowest BCUT2D eigenvalue weighted by molar-refractivity contribution is 0.102. The van der Waals surface area contributed by atoms with Crippen molar-refractivity contribution in [2.24, 2.45) is 0 Å². The maximum absolute atomic E-state index is 12.3. The molecule has 0 bridgehead atoms. The molecule has 0 unspecified atom stereocenters. The van der Waals surface area contributed by atoms with Crippen LogP contribution in [-0.2, 0) is 6.73 Å². The monoisotopic (exact) mass is 405 g/mol. The van der Waals surface area contributed by atoms with Crippen molar-refractivity contribution in [2.45, 2.75) is 13.7 Å². The van der Waals surface area contributed by atoms with Gasteiger partial charge in [0.1, 0.15) is 11.5 Å². The van der Waals surface area contributed by atoms with Crippen molar-refractivity contribution >= 4 is 34.8 Å². The Hall–Kier alpha value is -2.70. The summed E-state index contributed by atoms with van der Waals surface area (Å²) in [7, 11) is 0. The summed E-state index contributed by atoms with van der Waals surface area (Å²) in [5.41, 5.74) is 0.928. The van der Waals surface area contributed by atoms with Crippen LogP contribution in [0.15, 0.2) is 54.7 Å². The molecule has 0 aliphatic heterocycles. The molecule has 140 valence electrons. The van der Waals surface area contributed by atoms with Crippen LogP contribution < -0.4 is 14.8 Å². The molecule has 1 amide bonds. The van der Waals surface area contributed by atoms with E-state index in [4.69, 9.17) is 32.7 Å². The zero-order chi connectivity index (χ0) is 19.2. The molecule has 3 aromatic rings. The minimum Gasteiger partial charge on any atom is -0.494 e. The van der Waals surface area contributed by atoms with Gasteiger partial charge in [0.25, 0.3) is 5.91 Å². The number of halogens is 2. The number of rotatable bonds is 7.